The van der Waals surface area contributed by atoms with Crippen LogP contribution in [0.3, 0.4) is 0 Å². The van der Waals surface area contributed by atoms with Gasteiger partial charge in [0.1, 0.15) is 0 Å². The van der Waals surface area contributed by atoms with Crippen LogP contribution in [0.5, 0.6) is 11.5 Å². The molecule has 3 fully saturated rings. The van der Waals surface area contributed by atoms with Crippen LogP contribution in [-0.2, 0) is 24.6 Å². The molecule has 2 aliphatic heterocycles. The SMILES string of the molecule is CCN1C(=O)[C@H]2[C@H](CC=C3[C@H]2C[C@H]2C(=O)N(c4cccc(Cl)c4)C(=O)[C@@]2(c2ccccc2)[C@H]3c2cc(Cl)c(O)c(OC)c2)C1=O. The third-order valence-corrected chi connectivity index (χ3v) is 10.7. The number of rotatable bonds is 5. The summed E-state index contributed by atoms with van der Waals surface area (Å²) in [5, 5.41) is 11.1. The second kappa shape index (κ2) is 10.7. The molecule has 8 nitrogen and oxygen atoms in total. The predicted molar refractivity (Wildman–Crippen MR) is 168 cm³/mol. The van der Waals surface area contributed by atoms with Gasteiger partial charge in [0.25, 0.3) is 0 Å². The lowest BCUT2D eigenvalue weighted by Crippen LogP contribution is -2.53. The van der Waals surface area contributed by atoms with Gasteiger partial charge in [-0.3, -0.25) is 24.1 Å². The van der Waals surface area contributed by atoms with Gasteiger partial charge >= 0.3 is 0 Å². The van der Waals surface area contributed by atoms with Crippen molar-refractivity contribution in [2.24, 2.45) is 23.7 Å². The number of anilines is 1. The summed E-state index contributed by atoms with van der Waals surface area (Å²) in [6.45, 7) is 2.04. The molecule has 1 saturated carbocycles. The maximum atomic E-state index is 15.2. The molecule has 2 aliphatic carbocycles. The molecule has 0 aromatic heterocycles. The van der Waals surface area contributed by atoms with E-state index >= 15 is 4.79 Å². The standard InChI is InChI=1S/C35H30Cl2N2O6/c1-3-38-31(41)23-13-12-22-24(28(23)33(38)43)17-25-32(42)39(21-11-7-10-20(36)16-21)34(44)35(25,19-8-5-4-6-9-19)29(22)18-14-26(37)30(40)27(15-18)45-2/h4-12,14-16,23-25,28-29,40H,3,13,17H2,1-2H3/t23-,24+,25-,28-,29-,35+/m0/s1. The molecule has 230 valence electrons. The summed E-state index contributed by atoms with van der Waals surface area (Å²) in [7, 11) is 1.41. The van der Waals surface area contributed by atoms with Crippen molar-refractivity contribution in [3.8, 4) is 11.5 Å². The van der Waals surface area contributed by atoms with Crippen LogP contribution in [0.15, 0.2) is 78.4 Å². The van der Waals surface area contributed by atoms with E-state index in [4.69, 9.17) is 27.9 Å². The number of imide groups is 2. The quantitative estimate of drug-likeness (QED) is 0.274. The second-order valence-electron chi connectivity index (χ2n) is 12.1. The van der Waals surface area contributed by atoms with E-state index in [9.17, 15) is 19.5 Å². The number of hydrogen-bond donors (Lipinski definition) is 1. The fraction of sp³-hybridized carbons (Fsp3) is 0.314. The van der Waals surface area contributed by atoms with E-state index in [0.717, 1.165) is 5.57 Å². The van der Waals surface area contributed by atoms with Crippen molar-refractivity contribution in [1.29, 1.82) is 0 Å². The van der Waals surface area contributed by atoms with Gasteiger partial charge in [-0.15, -0.1) is 0 Å². The predicted octanol–water partition coefficient (Wildman–Crippen LogP) is 5.89. The van der Waals surface area contributed by atoms with Crippen LogP contribution < -0.4 is 9.64 Å². The molecule has 7 rings (SSSR count). The lowest BCUT2D eigenvalue weighted by atomic mass is 9.49. The van der Waals surface area contributed by atoms with Crippen LogP contribution in [0.2, 0.25) is 10.0 Å². The monoisotopic (exact) mass is 644 g/mol. The van der Waals surface area contributed by atoms with E-state index in [2.05, 4.69) is 0 Å². The Balaban J connectivity index is 1.53. The molecule has 0 unspecified atom stereocenters. The van der Waals surface area contributed by atoms with Gasteiger partial charge in [-0.25, -0.2) is 4.90 Å². The van der Waals surface area contributed by atoms with Crippen LogP contribution >= 0.6 is 23.2 Å². The van der Waals surface area contributed by atoms with Crippen molar-refractivity contribution in [2.45, 2.75) is 31.1 Å². The average Bonchev–Trinajstić information content (AvgIpc) is 3.42. The van der Waals surface area contributed by atoms with Crippen LogP contribution in [0.25, 0.3) is 0 Å². The van der Waals surface area contributed by atoms with E-state index in [1.165, 1.54) is 16.9 Å². The summed E-state index contributed by atoms with van der Waals surface area (Å²) in [6, 6.07) is 19.1. The Labute approximate surface area is 270 Å². The minimum atomic E-state index is -1.45. The third kappa shape index (κ3) is 4.04. The van der Waals surface area contributed by atoms with E-state index in [-0.39, 0.29) is 41.3 Å². The van der Waals surface area contributed by atoms with Crippen LogP contribution in [0.4, 0.5) is 5.69 Å². The maximum Gasteiger partial charge on any atom is 0.246 e. The number of methoxy groups -OCH3 is 1. The van der Waals surface area contributed by atoms with Gasteiger partial charge in [-0.2, -0.15) is 0 Å². The fourth-order valence-electron chi connectivity index (χ4n) is 8.41. The summed E-state index contributed by atoms with van der Waals surface area (Å²) >= 11 is 12.9. The number of hydrogen-bond acceptors (Lipinski definition) is 6. The highest BCUT2D eigenvalue weighted by molar-refractivity contribution is 6.33. The smallest absolute Gasteiger partial charge is 0.246 e. The first-order chi connectivity index (χ1) is 21.6. The number of benzene rings is 3. The number of carbonyl (C=O) groups excluding carboxylic acids is 4. The van der Waals surface area contributed by atoms with Gasteiger partial charge in [0.05, 0.1) is 41.0 Å². The van der Waals surface area contributed by atoms with E-state index in [1.54, 1.807) is 43.3 Å². The minimum absolute atomic E-state index is 0.0215. The number of halogens is 2. The van der Waals surface area contributed by atoms with Crippen LogP contribution in [-0.4, -0.2) is 47.3 Å². The van der Waals surface area contributed by atoms with Crippen molar-refractivity contribution in [3.05, 3.63) is 99.6 Å². The molecular weight excluding hydrogens is 615 g/mol. The first-order valence-electron chi connectivity index (χ1n) is 15.0. The van der Waals surface area contributed by atoms with Gasteiger partial charge in [0, 0.05) is 17.5 Å². The number of phenols is 1. The molecule has 6 atom stereocenters. The molecule has 0 radical (unpaired) electrons. The number of nitrogens with zero attached hydrogens (tertiary/aromatic N) is 2. The zero-order valence-electron chi connectivity index (χ0n) is 24.6. The minimum Gasteiger partial charge on any atom is -0.503 e. The summed E-state index contributed by atoms with van der Waals surface area (Å²) in [5.74, 6) is -4.78. The van der Waals surface area contributed by atoms with E-state index < -0.39 is 46.8 Å². The average molecular weight is 646 g/mol. The number of amides is 4. The maximum absolute atomic E-state index is 15.2. The van der Waals surface area contributed by atoms with Gasteiger partial charge in [-0.1, -0.05) is 71.2 Å². The lowest BCUT2D eigenvalue weighted by Gasteiger charge is -2.50. The van der Waals surface area contributed by atoms with Crippen molar-refractivity contribution in [2.75, 3.05) is 18.6 Å². The molecule has 0 spiro atoms. The highest BCUT2D eigenvalue weighted by Crippen LogP contribution is 2.65. The summed E-state index contributed by atoms with van der Waals surface area (Å²) < 4.78 is 5.49. The number of phenolic OH excluding ortho intramolecular Hbond substituents is 1. The Hall–Kier alpha value is -4.14. The Bertz CT molecular complexity index is 1810. The normalized spacial score (nSPS) is 29.0. The number of ether oxygens (including phenoxy) is 1. The van der Waals surface area contributed by atoms with E-state index in [0.29, 0.717) is 28.3 Å². The highest BCUT2D eigenvalue weighted by atomic mass is 35.5. The lowest BCUT2D eigenvalue weighted by molar-refractivity contribution is -0.140. The summed E-state index contributed by atoms with van der Waals surface area (Å²) in [6.07, 6.45) is 2.50. The number of likely N-dealkylation sites (tertiary alicyclic amines) is 1. The van der Waals surface area contributed by atoms with E-state index in [1.807, 2.05) is 36.4 Å². The van der Waals surface area contributed by atoms with Gasteiger partial charge < -0.3 is 9.84 Å². The molecule has 1 N–H and O–H groups in total. The molecule has 3 aromatic rings. The number of allylic oxidation sites excluding steroid dienone is 2. The Kier molecular flexibility index (Phi) is 7.06. The summed E-state index contributed by atoms with van der Waals surface area (Å²) in [4.78, 5) is 59.5. The zero-order chi connectivity index (χ0) is 31.8. The highest BCUT2D eigenvalue weighted by Gasteiger charge is 2.70. The molecule has 10 heteroatoms. The largest absolute Gasteiger partial charge is 0.503 e. The Morgan fingerprint density at radius 1 is 0.933 bits per heavy atom. The van der Waals surface area contributed by atoms with Gasteiger partial charge in [0.2, 0.25) is 23.6 Å². The topological polar surface area (TPSA) is 104 Å². The van der Waals surface area contributed by atoms with Crippen LogP contribution in [0, 0.1) is 23.7 Å². The van der Waals surface area contributed by atoms with Crippen molar-refractivity contribution < 1.29 is 29.0 Å². The first kappa shape index (κ1) is 29.6. The number of aromatic hydroxyl groups is 1. The fourth-order valence-corrected chi connectivity index (χ4v) is 8.82. The molecule has 4 amide bonds. The Morgan fingerprint density at radius 2 is 1.69 bits per heavy atom. The van der Waals surface area contributed by atoms with Crippen molar-refractivity contribution >= 4 is 52.5 Å². The first-order valence-corrected chi connectivity index (χ1v) is 15.7. The molecular formula is C35H30Cl2N2O6. The van der Waals surface area contributed by atoms with Crippen molar-refractivity contribution in [3.63, 3.8) is 0 Å². The molecule has 0 bridgehead atoms. The summed E-state index contributed by atoms with van der Waals surface area (Å²) in [5.41, 5.74) is 0.888. The van der Waals surface area contributed by atoms with Gasteiger partial charge in [-0.05, 0) is 67.1 Å². The zero-order valence-corrected chi connectivity index (χ0v) is 26.1. The second-order valence-corrected chi connectivity index (χ2v) is 12.9. The Morgan fingerprint density at radius 3 is 2.38 bits per heavy atom. The molecule has 45 heavy (non-hydrogen) atoms. The molecule has 2 heterocycles. The van der Waals surface area contributed by atoms with Crippen LogP contribution in [0.1, 0.15) is 36.8 Å². The van der Waals surface area contributed by atoms with Gasteiger partial charge in [0.15, 0.2) is 11.5 Å². The number of carbonyl (C=O) groups is 4. The van der Waals surface area contributed by atoms with Crippen molar-refractivity contribution in [1.82, 2.24) is 4.90 Å². The number of fused-ring (bicyclic) bond motifs is 4. The third-order valence-electron chi connectivity index (χ3n) is 10.2. The molecule has 3 aromatic carbocycles. The molecule has 4 aliphatic rings. The molecule has 2 saturated heterocycles.